The van der Waals surface area contributed by atoms with E-state index in [1.54, 1.807) is 57.4 Å². The van der Waals surface area contributed by atoms with Crippen LogP contribution in [-0.4, -0.2) is 36.6 Å². The molecule has 0 atom stereocenters. The Morgan fingerprint density at radius 1 is 1.07 bits per heavy atom. The predicted molar refractivity (Wildman–Crippen MR) is 111 cm³/mol. The number of allylic oxidation sites excluding steroid dienone is 1. The molecule has 1 aromatic heterocycles. The van der Waals surface area contributed by atoms with Crippen LogP contribution < -0.4 is 4.74 Å². The summed E-state index contributed by atoms with van der Waals surface area (Å²) in [7, 11) is -2.24. The summed E-state index contributed by atoms with van der Waals surface area (Å²) >= 11 is 0. The van der Waals surface area contributed by atoms with E-state index in [0.717, 1.165) is 16.7 Å². The summed E-state index contributed by atoms with van der Waals surface area (Å²) in [6, 6.07) is 15.0. The van der Waals surface area contributed by atoms with Gasteiger partial charge in [-0.3, -0.25) is 9.10 Å². The van der Waals surface area contributed by atoms with Crippen LogP contribution in [0.2, 0.25) is 0 Å². The highest BCUT2D eigenvalue weighted by molar-refractivity contribution is 7.89. The summed E-state index contributed by atoms with van der Waals surface area (Å²) in [6.07, 6.45) is 1.54. The number of Topliss-reactive ketones (excluding diaryl/α,β-unsaturated/α-hetero) is 1. The number of methoxy groups -OCH3 is 1. The number of benzene rings is 2. The van der Waals surface area contributed by atoms with E-state index in [9.17, 15) is 13.2 Å². The summed E-state index contributed by atoms with van der Waals surface area (Å²) in [5.74, 6) is 0.391. The molecule has 0 unspecified atom stereocenters. The molecule has 0 saturated carbocycles. The Balaban J connectivity index is 1.89. The number of hydrogen-bond donors (Lipinski definition) is 0. The molecule has 0 radical (unpaired) electrons. The van der Waals surface area contributed by atoms with Crippen LogP contribution in [0.15, 0.2) is 65.2 Å². The van der Waals surface area contributed by atoms with Crippen molar-refractivity contribution in [3.8, 4) is 5.75 Å². The van der Waals surface area contributed by atoms with Gasteiger partial charge < -0.3 is 4.74 Å². The normalized spacial score (nSPS) is 17.0. The van der Waals surface area contributed by atoms with Crippen molar-refractivity contribution >= 4 is 32.8 Å². The predicted octanol–water partition coefficient (Wildman–Crippen LogP) is 3.88. The highest BCUT2D eigenvalue weighted by Crippen LogP contribution is 2.34. The molecule has 0 aliphatic carbocycles. The zero-order valence-corrected chi connectivity index (χ0v) is 17.1. The molecule has 0 N–H and O–H groups in total. The number of ketones is 1. The van der Waals surface area contributed by atoms with Crippen LogP contribution in [0, 0.1) is 0 Å². The standard InChI is InChI=1S/C22H20N2O4S/c1-14(2)24-20(22(25)18-6-4-5-7-21(18)29(24,26)27)13-16-9-8-15-12-17(28-3)10-11-19(15)23-16/h4-14H,1-3H3. The van der Waals surface area contributed by atoms with Crippen molar-refractivity contribution in [3.05, 3.63) is 71.6 Å². The lowest BCUT2D eigenvalue weighted by molar-refractivity contribution is 0.0996. The fourth-order valence-electron chi connectivity index (χ4n) is 3.50. The first kappa shape index (κ1) is 19.1. The van der Waals surface area contributed by atoms with E-state index in [4.69, 9.17) is 4.74 Å². The van der Waals surface area contributed by atoms with Crippen molar-refractivity contribution < 1.29 is 17.9 Å². The average Bonchev–Trinajstić information content (AvgIpc) is 2.71. The number of sulfonamides is 1. The minimum Gasteiger partial charge on any atom is -0.497 e. The molecular formula is C22H20N2O4S. The molecule has 1 aliphatic rings. The first-order valence-corrected chi connectivity index (χ1v) is 10.6. The van der Waals surface area contributed by atoms with E-state index in [-0.39, 0.29) is 21.9 Å². The van der Waals surface area contributed by atoms with Gasteiger partial charge in [-0.15, -0.1) is 0 Å². The van der Waals surface area contributed by atoms with Gasteiger partial charge >= 0.3 is 0 Å². The highest BCUT2D eigenvalue weighted by atomic mass is 32.2. The first-order chi connectivity index (χ1) is 13.8. The molecule has 0 saturated heterocycles. The van der Waals surface area contributed by atoms with Crippen molar-refractivity contribution in [1.82, 2.24) is 9.29 Å². The summed E-state index contributed by atoms with van der Waals surface area (Å²) in [4.78, 5) is 17.8. The summed E-state index contributed by atoms with van der Waals surface area (Å²) in [5, 5.41) is 0.889. The Morgan fingerprint density at radius 3 is 2.55 bits per heavy atom. The second-order valence-corrected chi connectivity index (χ2v) is 8.83. The van der Waals surface area contributed by atoms with E-state index in [1.165, 1.54) is 10.4 Å². The quantitative estimate of drug-likeness (QED) is 0.615. The number of fused-ring (bicyclic) bond motifs is 2. The van der Waals surface area contributed by atoms with Gasteiger partial charge in [-0.2, -0.15) is 0 Å². The van der Waals surface area contributed by atoms with Crippen LogP contribution in [0.3, 0.4) is 0 Å². The smallest absolute Gasteiger partial charge is 0.265 e. The van der Waals surface area contributed by atoms with E-state index in [0.29, 0.717) is 5.69 Å². The first-order valence-electron chi connectivity index (χ1n) is 9.17. The molecule has 2 heterocycles. The van der Waals surface area contributed by atoms with Crippen LogP contribution in [-0.2, 0) is 10.0 Å². The molecule has 0 fully saturated rings. The Kier molecular flexibility index (Phi) is 4.62. The minimum absolute atomic E-state index is 0.0365. The lowest BCUT2D eigenvalue weighted by Gasteiger charge is -2.34. The van der Waals surface area contributed by atoms with Gasteiger partial charge in [0.1, 0.15) is 11.4 Å². The largest absolute Gasteiger partial charge is 0.497 e. The number of aromatic nitrogens is 1. The monoisotopic (exact) mass is 408 g/mol. The van der Waals surface area contributed by atoms with Crippen LogP contribution in [0.1, 0.15) is 29.9 Å². The van der Waals surface area contributed by atoms with E-state index in [2.05, 4.69) is 4.98 Å². The van der Waals surface area contributed by atoms with E-state index < -0.39 is 16.1 Å². The van der Waals surface area contributed by atoms with Gasteiger partial charge in [0.25, 0.3) is 10.0 Å². The second-order valence-electron chi connectivity index (χ2n) is 7.04. The topological polar surface area (TPSA) is 76.6 Å². The van der Waals surface area contributed by atoms with E-state index >= 15 is 0 Å². The number of carbonyl (C=O) groups is 1. The summed E-state index contributed by atoms with van der Waals surface area (Å²) in [5.41, 5.74) is 1.51. The minimum atomic E-state index is -3.84. The third kappa shape index (κ3) is 3.17. The number of hydrogen-bond acceptors (Lipinski definition) is 5. The third-order valence-corrected chi connectivity index (χ3v) is 6.86. The van der Waals surface area contributed by atoms with Crippen LogP contribution >= 0.6 is 0 Å². The van der Waals surface area contributed by atoms with Gasteiger partial charge in [0.2, 0.25) is 5.78 Å². The molecule has 0 spiro atoms. The lowest BCUT2D eigenvalue weighted by atomic mass is 10.1. The molecule has 4 rings (SSSR count). The Hall–Kier alpha value is -3.19. The molecule has 148 valence electrons. The Labute approximate surface area is 169 Å². The second kappa shape index (κ2) is 7.00. The van der Waals surface area contributed by atoms with Crippen molar-refractivity contribution in [2.24, 2.45) is 0 Å². The molecule has 0 amide bonds. The number of nitrogens with zero attached hydrogens (tertiary/aromatic N) is 2. The average molecular weight is 408 g/mol. The fraction of sp³-hybridized carbons (Fsp3) is 0.182. The van der Waals surface area contributed by atoms with Crippen molar-refractivity contribution in [1.29, 1.82) is 0 Å². The zero-order valence-electron chi connectivity index (χ0n) is 16.3. The summed E-state index contributed by atoms with van der Waals surface area (Å²) < 4.78 is 32.8. The van der Waals surface area contributed by atoms with Gasteiger partial charge in [-0.05, 0) is 56.3 Å². The molecule has 0 bridgehead atoms. The zero-order chi connectivity index (χ0) is 20.8. The molecular weight excluding hydrogens is 388 g/mol. The number of carbonyl (C=O) groups excluding carboxylic acids is 1. The number of ether oxygens (including phenoxy) is 1. The van der Waals surface area contributed by atoms with Gasteiger partial charge in [0.15, 0.2) is 0 Å². The van der Waals surface area contributed by atoms with Crippen molar-refractivity contribution in [2.45, 2.75) is 24.8 Å². The van der Waals surface area contributed by atoms with Crippen LogP contribution in [0.4, 0.5) is 0 Å². The molecule has 2 aromatic carbocycles. The molecule has 6 nitrogen and oxygen atoms in total. The van der Waals surface area contributed by atoms with Gasteiger partial charge in [-0.25, -0.2) is 13.4 Å². The van der Waals surface area contributed by atoms with Crippen molar-refractivity contribution in [2.75, 3.05) is 7.11 Å². The lowest BCUT2D eigenvalue weighted by Crippen LogP contribution is -2.43. The Morgan fingerprint density at radius 2 is 1.83 bits per heavy atom. The number of rotatable bonds is 3. The maximum Gasteiger partial charge on any atom is 0.265 e. The third-order valence-electron chi connectivity index (χ3n) is 4.81. The molecule has 1 aliphatic heterocycles. The van der Waals surface area contributed by atoms with Gasteiger partial charge in [-0.1, -0.05) is 18.2 Å². The van der Waals surface area contributed by atoms with Crippen LogP contribution in [0.5, 0.6) is 5.75 Å². The van der Waals surface area contributed by atoms with Gasteiger partial charge in [0, 0.05) is 17.0 Å². The van der Waals surface area contributed by atoms with Crippen LogP contribution in [0.25, 0.3) is 17.0 Å². The Bertz CT molecular complexity index is 1260. The molecule has 29 heavy (non-hydrogen) atoms. The maximum absolute atomic E-state index is 13.2. The molecule has 7 heteroatoms. The number of pyridine rings is 1. The highest BCUT2D eigenvalue weighted by Gasteiger charge is 2.40. The fourth-order valence-corrected chi connectivity index (χ4v) is 5.36. The van der Waals surface area contributed by atoms with E-state index in [1.807, 2.05) is 18.2 Å². The maximum atomic E-state index is 13.2. The molecule has 3 aromatic rings. The van der Waals surface area contributed by atoms with Gasteiger partial charge in [0.05, 0.1) is 23.2 Å². The SMILES string of the molecule is COc1ccc2nc(C=C3C(=O)c4ccccc4S(=O)(=O)N3C(C)C)ccc2c1. The summed E-state index contributed by atoms with van der Waals surface area (Å²) in [6.45, 7) is 3.49. The van der Waals surface area contributed by atoms with Crippen molar-refractivity contribution in [3.63, 3.8) is 0 Å².